The number of ether oxygens (including phenoxy) is 1. The van der Waals surface area contributed by atoms with Crippen LogP contribution >= 0.6 is 11.8 Å². The van der Waals surface area contributed by atoms with Gasteiger partial charge in [0.15, 0.2) is 0 Å². The van der Waals surface area contributed by atoms with Crippen molar-refractivity contribution >= 4 is 23.4 Å². The Hall–Kier alpha value is -1.94. The summed E-state index contributed by atoms with van der Waals surface area (Å²) >= 11 is 1.71. The highest BCUT2D eigenvalue weighted by Crippen LogP contribution is 2.24. The molecule has 0 unspecified atom stereocenters. The van der Waals surface area contributed by atoms with E-state index in [0.29, 0.717) is 5.56 Å². The van der Waals surface area contributed by atoms with Crippen LogP contribution in [-0.4, -0.2) is 18.8 Å². The Morgan fingerprint density at radius 2 is 2.00 bits per heavy atom. The van der Waals surface area contributed by atoms with E-state index in [0.717, 1.165) is 28.5 Å². The van der Waals surface area contributed by atoms with Crippen molar-refractivity contribution in [3.05, 3.63) is 54.1 Å². The lowest BCUT2D eigenvalue weighted by atomic mass is 10.2. The van der Waals surface area contributed by atoms with E-state index in [-0.39, 0.29) is 5.91 Å². The van der Waals surface area contributed by atoms with Gasteiger partial charge in [0.05, 0.1) is 12.7 Å². The Labute approximate surface area is 129 Å². The maximum Gasteiger partial charge on any atom is 0.256 e. The fraction of sp³-hybridized carbons (Fsp3) is 0.235. The first-order chi connectivity index (χ1) is 10.2. The fourth-order valence-electron chi connectivity index (χ4n) is 1.89. The van der Waals surface area contributed by atoms with Crippen LogP contribution in [0.4, 0.5) is 5.69 Å². The molecule has 0 aliphatic heterocycles. The standard InChI is InChI=1S/C17H19NO2S/c1-3-11-21-16-10-5-4-9-15(16)17(19)18-13-7-6-8-14(12-13)20-2/h4-10,12H,3,11H2,1-2H3,(H,18,19). The maximum atomic E-state index is 12.4. The summed E-state index contributed by atoms with van der Waals surface area (Å²) in [5.74, 6) is 1.63. The first-order valence-electron chi connectivity index (χ1n) is 6.92. The predicted octanol–water partition coefficient (Wildman–Crippen LogP) is 4.45. The minimum absolute atomic E-state index is 0.0949. The Kier molecular flexibility index (Phi) is 5.69. The Morgan fingerprint density at radius 3 is 2.76 bits per heavy atom. The molecule has 1 N–H and O–H groups in total. The van der Waals surface area contributed by atoms with E-state index >= 15 is 0 Å². The van der Waals surface area contributed by atoms with Gasteiger partial charge in [-0.2, -0.15) is 0 Å². The molecule has 21 heavy (non-hydrogen) atoms. The van der Waals surface area contributed by atoms with Crippen LogP contribution in [0.3, 0.4) is 0 Å². The Bertz CT molecular complexity index is 613. The number of carbonyl (C=O) groups is 1. The van der Waals surface area contributed by atoms with Crippen LogP contribution in [0, 0.1) is 0 Å². The van der Waals surface area contributed by atoms with Crippen LogP contribution in [0.15, 0.2) is 53.4 Å². The molecule has 0 bridgehead atoms. The molecule has 4 heteroatoms. The summed E-state index contributed by atoms with van der Waals surface area (Å²) in [5, 5.41) is 2.92. The van der Waals surface area contributed by atoms with Gasteiger partial charge in [0.2, 0.25) is 0 Å². The molecule has 0 saturated heterocycles. The van der Waals surface area contributed by atoms with Crippen LogP contribution in [-0.2, 0) is 0 Å². The number of rotatable bonds is 6. The van der Waals surface area contributed by atoms with E-state index in [9.17, 15) is 4.79 Å². The largest absolute Gasteiger partial charge is 0.497 e. The molecule has 0 aliphatic carbocycles. The summed E-state index contributed by atoms with van der Waals surface area (Å²) in [5.41, 5.74) is 1.44. The average Bonchev–Trinajstić information content (AvgIpc) is 2.53. The van der Waals surface area contributed by atoms with Gasteiger partial charge in [0, 0.05) is 16.6 Å². The van der Waals surface area contributed by atoms with Gasteiger partial charge in [-0.1, -0.05) is 25.1 Å². The van der Waals surface area contributed by atoms with Gasteiger partial charge in [-0.3, -0.25) is 4.79 Å². The first kappa shape index (κ1) is 15.4. The maximum absolute atomic E-state index is 12.4. The summed E-state index contributed by atoms with van der Waals surface area (Å²) < 4.78 is 5.16. The molecule has 3 nitrogen and oxygen atoms in total. The zero-order valence-electron chi connectivity index (χ0n) is 12.3. The number of benzene rings is 2. The van der Waals surface area contributed by atoms with Crippen molar-refractivity contribution in [2.75, 3.05) is 18.2 Å². The number of hydrogen-bond donors (Lipinski definition) is 1. The minimum Gasteiger partial charge on any atom is -0.497 e. The van der Waals surface area contributed by atoms with E-state index < -0.39 is 0 Å². The molecule has 0 saturated carbocycles. The molecule has 2 rings (SSSR count). The van der Waals surface area contributed by atoms with E-state index in [1.807, 2.05) is 42.5 Å². The lowest BCUT2D eigenvalue weighted by Crippen LogP contribution is -2.13. The molecular weight excluding hydrogens is 282 g/mol. The van der Waals surface area contributed by atoms with Gasteiger partial charge in [-0.25, -0.2) is 0 Å². The number of thioether (sulfide) groups is 1. The highest BCUT2D eigenvalue weighted by atomic mass is 32.2. The van der Waals surface area contributed by atoms with Crippen LogP contribution < -0.4 is 10.1 Å². The summed E-state index contributed by atoms with van der Waals surface area (Å²) in [6, 6.07) is 15.0. The van der Waals surface area contributed by atoms with Gasteiger partial charge in [0.25, 0.3) is 5.91 Å². The van der Waals surface area contributed by atoms with Crippen molar-refractivity contribution in [1.82, 2.24) is 0 Å². The van der Waals surface area contributed by atoms with Gasteiger partial charge in [0.1, 0.15) is 5.75 Å². The summed E-state index contributed by atoms with van der Waals surface area (Å²) in [6.45, 7) is 2.13. The summed E-state index contributed by atoms with van der Waals surface area (Å²) in [4.78, 5) is 13.4. The third-order valence-corrected chi connectivity index (χ3v) is 4.20. The lowest BCUT2D eigenvalue weighted by molar-refractivity contribution is 0.102. The molecular formula is C17H19NO2S. The summed E-state index contributed by atoms with van der Waals surface area (Å²) in [6.07, 6.45) is 1.08. The van der Waals surface area contributed by atoms with Crippen molar-refractivity contribution in [3.63, 3.8) is 0 Å². The molecule has 0 radical (unpaired) electrons. The predicted molar refractivity (Wildman–Crippen MR) is 88.4 cm³/mol. The van der Waals surface area contributed by atoms with Crippen molar-refractivity contribution in [3.8, 4) is 5.75 Å². The third-order valence-electron chi connectivity index (χ3n) is 2.92. The van der Waals surface area contributed by atoms with Crippen LogP contribution in [0.1, 0.15) is 23.7 Å². The van der Waals surface area contributed by atoms with E-state index in [1.165, 1.54) is 0 Å². The zero-order chi connectivity index (χ0) is 15.1. The van der Waals surface area contributed by atoms with Crippen LogP contribution in [0.25, 0.3) is 0 Å². The number of hydrogen-bond acceptors (Lipinski definition) is 3. The van der Waals surface area contributed by atoms with E-state index in [1.54, 1.807) is 24.9 Å². The third kappa shape index (κ3) is 4.26. The number of carbonyl (C=O) groups excluding carboxylic acids is 1. The lowest BCUT2D eigenvalue weighted by Gasteiger charge is -2.10. The molecule has 0 heterocycles. The molecule has 0 spiro atoms. The molecule has 110 valence electrons. The Balaban J connectivity index is 2.16. The normalized spacial score (nSPS) is 10.2. The second kappa shape index (κ2) is 7.74. The topological polar surface area (TPSA) is 38.3 Å². The molecule has 2 aromatic rings. The van der Waals surface area contributed by atoms with Crippen LogP contribution in [0.2, 0.25) is 0 Å². The average molecular weight is 301 g/mol. The van der Waals surface area contributed by atoms with Gasteiger partial charge in [-0.15, -0.1) is 11.8 Å². The zero-order valence-corrected chi connectivity index (χ0v) is 13.1. The second-order valence-electron chi connectivity index (χ2n) is 4.53. The smallest absolute Gasteiger partial charge is 0.256 e. The molecule has 2 aromatic carbocycles. The minimum atomic E-state index is -0.0949. The number of anilines is 1. The SMILES string of the molecule is CCCSc1ccccc1C(=O)Nc1cccc(OC)c1. The highest BCUT2D eigenvalue weighted by Gasteiger charge is 2.11. The van der Waals surface area contributed by atoms with Crippen molar-refractivity contribution < 1.29 is 9.53 Å². The number of methoxy groups -OCH3 is 1. The van der Waals surface area contributed by atoms with Crippen molar-refractivity contribution in [1.29, 1.82) is 0 Å². The Morgan fingerprint density at radius 1 is 1.19 bits per heavy atom. The number of amides is 1. The summed E-state index contributed by atoms with van der Waals surface area (Å²) in [7, 11) is 1.61. The molecule has 0 atom stereocenters. The number of nitrogens with one attached hydrogen (secondary N) is 1. The van der Waals surface area contributed by atoms with Crippen LogP contribution in [0.5, 0.6) is 5.75 Å². The monoisotopic (exact) mass is 301 g/mol. The molecule has 1 amide bonds. The first-order valence-corrected chi connectivity index (χ1v) is 7.90. The van der Waals surface area contributed by atoms with Gasteiger partial charge < -0.3 is 10.1 Å². The van der Waals surface area contributed by atoms with Crippen molar-refractivity contribution in [2.45, 2.75) is 18.2 Å². The van der Waals surface area contributed by atoms with Crippen molar-refractivity contribution in [2.24, 2.45) is 0 Å². The molecule has 0 fully saturated rings. The van der Waals surface area contributed by atoms with Gasteiger partial charge >= 0.3 is 0 Å². The fourth-order valence-corrected chi connectivity index (χ4v) is 2.81. The molecule has 0 aromatic heterocycles. The highest BCUT2D eigenvalue weighted by molar-refractivity contribution is 7.99. The second-order valence-corrected chi connectivity index (χ2v) is 5.67. The molecule has 0 aliphatic rings. The quantitative estimate of drug-likeness (QED) is 0.801. The van der Waals surface area contributed by atoms with E-state index in [2.05, 4.69) is 12.2 Å². The van der Waals surface area contributed by atoms with Gasteiger partial charge in [-0.05, 0) is 36.4 Å². The van der Waals surface area contributed by atoms with E-state index in [4.69, 9.17) is 4.74 Å².